The maximum absolute atomic E-state index is 6.28. The predicted molar refractivity (Wildman–Crippen MR) is 85.2 cm³/mol. The smallest absolute Gasteiger partial charge is 0.122 e. The van der Waals surface area contributed by atoms with Crippen LogP contribution in [0.2, 0.25) is 0 Å². The zero-order chi connectivity index (χ0) is 14.5. The Kier molecular flexibility index (Phi) is 5.47. The summed E-state index contributed by atoms with van der Waals surface area (Å²) in [6.07, 6.45) is 7.28. The molecule has 0 heterocycles. The quantitative estimate of drug-likeness (QED) is 0.872. The van der Waals surface area contributed by atoms with Gasteiger partial charge >= 0.3 is 0 Å². The zero-order valence-corrected chi connectivity index (χ0v) is 13.2. The lowest BCUT2D eigenvalue weighted by Gasteiger charge is -2.28. The molecule has 20 heavy (non-hydrogen) atoms. The highest BCUT2D eigenvalue weighted by Crippen LogP contribution is 2.29. The summed E-state index contributed by atoms with van der Waals surface area (Å²) in [5.41, 5.74) is 8.68. The Hall–Kier alpha value is -1.02. The summed E-state index contributed by atoms with van der Waals surface area (Å²) < 4.78 is 6.28. The molecule has 0 radical (unpaired) electrons. The first-order valence-corrected chi connectivity index (χ1v) is 8.10. The highest BCUT2D eigenvalue weighted by Gasteiger charge is 2.20. The normalized spacial score (nSPS) is 24.4. The first kappa shape index (κ1) is 15.4. The lowest BCUT2D eigenvalue weighted by Crippen LogP contribution is -2.25. The van der Waals surface area contributed by atoms with Gasteiger partial charge in [0.05, 0.1) is 6.10 Å². The third-order valence-electron chi connectivity index (χ3n) is 4.48. The van der Waals surface area contributed by atoms with Gasteiger partial charge in [-0.3, -0.25) is 0 Å². The molecule has 1 fully saturated rings. The summed E-state index contributed by atoms with van der Waals surface area (Å²) in [5, 5.41) is 0. The zero-order valence-electron chi connectivity index (χ0n) is 13.2. The van der Waals surface area contributed by atoms with Crippen molar-refractivity contribution in [3.63, 3.8) is 0 Å². The van der Waals surface area contributed by atoms with Crippen molar-refractivity contribution in [2.75, 3.05) is 0 Å². The topological polar surface area (TPSA) is 35.2 Å². The fourth-order valence-electron chi connectivity index (χ4n) is 2.94. The molecule has 0 bridgehead atoms. The Morgan fingerprint density at radius 3 is 2.60 bits per heavy atom. The average molecular weight is 275 g/mol. The second-order valence-corrected chi connectivity index (χ2v) is 6.48. The van der Waals surface area contributed by atoms with Crippen LogP contribution in [0.15, 0.2) is 18.2 Å². The Bertz CT molecular complexity index is 421. The summed E-state index contributed by atoms with van der Waals surface area (Å²) in [6, 6.07) is 6.73. The first-order chi connectivity index (χ1) is 9.58. The molecular weight excluding hydrogens is 246 g/mol. The number of benzene rings is 1. The molecule has 0 aliphatic heterocycles. The van der Waals surface area contributed by atoms with Crippen molar-refractivity contribution in [3.05, 3.63) is 29.3 Å². The second kappa shape index (κ2) is 7.12. The summed E-state index contributed by atoms with van der Waals surface area (Å²) in [6.45, 7) is 6.62. The van der Waals surface area contributed by atoms with Crippen molar-refractivity contribution in [1.82, 2.24) is 0 Å². The molecule has 1 atom stereocenters. The molecule has 1 aliphatic carbocycles. The maximum Gasteiger partial charge on any atom is 0.122 e. The predicted octanol–water partition coefficient (Wildman–Crippen LogP) is 4.23. The SMILES string of the molecule is CCC(N)Cc1cc(C)ccc1OC1CCC(C)CC1. The lowest BCUT2D eigenvalue weighted by atomic mass is 9.89. The minimum absolute atomic E-state index is 0.227. The molecule has 0 saturated heterocycles. The standard InChI is InChI=1S/C18H29NO/c1-4-16(19)12-15-11-14(3)7-10-18(15)20-17-8-5-13(2)6-9-17/h7,10-11,13,16-17H,4-6,8-9,12,19H2,1-3H3. The molecule has 1 aromatic rings. The maximum atomic E-state index is 6.28. The van der Waals surface area contributed by atoms with Crippen LogP contribution in [0.3, 0.4) is 0 Å². The van der Waals surface area contributed by atoms with E-state index in [0.29, 0.717) is 6.10 Å². The van der Waals surface area contributed by atoms with Gasteiger partial charge in [0, 0.05) is 6.04 Å². The van der Waals surface area contributed by atoms with Crippen molar-refractivity contribution in [2.45, 2.75) is 71.4 Å². The van der Waals surface area contributed by atoms with Gasteiger partial charge in [-0.2, -0.15) is 0 Å². The van der Waals surface area contributed by atoms with Crippen LogP contribution in [0.4, 0.5) is 0 Å². The van der Waals surface area contributed by atoms with Gasteiger partial charge in [-0.15, -0.1) is 0 Å². The van der Waals surface area contributed by atoms with E-state index in [9.17, 15) is 0 Å². The molecule has 2 heteroatoms. The van der Waals surface area contributed by atoms with Gasteiger partial charge in [-0.25, -0.2) is 0 Å². The molecule has 2 nitrogen and oxygen atoms in total. The van der Waals surface area contributed by atoms with Crippen LogP contribution in [0.1, 0.15) is 57.1 Å². The minimum Gasteiger partial charge on any atom is -0.490 e. The van der Waals surface area contributed by atoms with Gasteiger partial charge in [0.2, 0.25) is 0 Å². The van der Waals surface area contributed by atoms with Crippen LogP contribution in [-0.2, 0) is 6.42 Å². The van der Waals surface area contributed by atoms with E-state index in [-0.39, 0.29) is 6.04 Å². The number of ether oxygens (including phenoxy) is 1. The van der Waals surface area contributed by atoms with Gasteiger partial charge in [0.1, 0.15) is 5.75 Å². The molecule has 2 rings (SSSR count). The van der Waals surface area contributed by atoms with E-state index >= 15 is 0 Å². The van der Waals surface area contributed by atoms with Gasteiger partial charge in [0.25, 0.3) is 0 Å². The minimum atomic E-state index is 0.227. The number of hydrogen-bond donors (Lipinski definition) is 1. The van der Waals surface area contributed by atoms with E-state index in [1.165, 1.54) is 36.8 Å². The van der Waals surface area contributed by atoms with Crippen LogP contribution >= 0.6 is 0 Å². The van der Waals surface area contributed by atoms with Crippen LogP contribution in [-0.4, -0.2) is 12.1 Å². The largest absolute Gasteiger partial charge is 0.490 e. The Morgan fingerprint density at radius 2 is 1.95 bits per heavy atom. The van der Waals surface area contributed by atoms with Crippen molar-refractivity contribution >= 4 is 0 Å². The number of aryl methyl sites for hydroxylation is 1. The lowest BCUT2D eigenvalue weighted by molar-refractivity contribution is 0.134. The van der Waals surface area contributed by atoms with E-state index in [1.807, 2.05) is 0 Å². The van der Waals surface area contributed by atoms with E-state index in [4.69, 9.17) is 10.5 Å². The summed E-state index contributed by atoms with van der Waals surface area (Å²) in [5.74, 6) is 1.92. The van der Waals surface area contributed by atoms with Gasteiger partial charge < -0.3 is 10.5 Å². The first-order valence-electron chi connectivity index (χ1n) is 8.10. The van der Waals surface area contributed by atoms with Gasteiger partial charge in [0.15, 0.2) is 0 Å². The van der Waals surface area contributed by atoms with E-state index in [0.717, 1.165) is 24.5 Å². The highest BCUT2D eigenvalue weighted by atomic mass is 16.5. The molecule has 1 aromatic carbocycles. The van der Waals surface area contributed by atoms with E-state index in [2.05, 4.69) is 39.0 Å². The molecule has 112 valence electrons. The fourth-order valence-corrected chi connectivity index (χ4v) is 2.94. The molecule has 1 saturated carbocycles. The van der Waals surface area contributed by atoms with Crippen molar-refractivity contribution < 1.29 is 4.74 Å². The van der Waals surface area contributed by atoms with E-state index < -0.39 is 0 Å². The average Bonchev–Trinajstić information content (AvgIpc) is 2.44. The van der Waals surface area contributed by atoms with Crippen molar-refractivity contribution in [2.24, 2.45) is 11.7 Å². The number of hydrogen-bond acceptors (Lipinski definition) is 2. The fraction of sp³-hybridized carbons (Fsp3) is 0.667. The molecule has 0 amide bonds. The Morgan fingerprint density at radius 1 is 1.25 bits per heavy atom. The highest BCUT2D eigenvalue weighted by molar-refractivity contribution is 5.37. The Labute approximate surface area is 123 Å². The summed E-state index contributed by atoms with van der Waals surface area (Å²) in [7, 11) is 0. The molecule has 0 spiro atoms. The molecule has 1 aliphatic rings. The summed E-state index contributed by atoms with van der Waals surface area (Å²) in [4.78, 5) is 0. The third kappa shape index (κ3) is 4.24. The van der Waals surface area contributed by atoms with Crippen LogP contribution in [0.5, 0.6) is 5.75 Å². The Balaban J connectivity index is 2.06. The third-order valence-corrected chi connectivity index (χ3v) is 4.48. The van der Waals surface area contributed by atoms with Crippen molar-refractivity contribution in [1.29, 1.82) is 0 Å². The molecular formula is C18H29NO. The second-order valence-electron chi connectivity index (χ2n) is 6.48. The van der Waals surface area contributed by atoms with Crippen molar-refractivity contribution in [3.8, 4) is 5.75 Å². The van der Waals surface area contributed by atoms with Crippen LogP contribution in [0, 0.1) is 12.8 Å². The molecule has 1 unspecified atom stereocenters. The van der Waals surface area contributed by atoms with Gasteiger partial charge in [-0.1, -0.05) is 31.5 Å². The van der Waals surface area contributed by atoms with Gasteiger partial charge in [-0.05, 0) is 63.0 Å². The molecule has 0 aromatic heterocycles. The summed E-state index contributed by atoms with van der Waals surface area (Å²) >= 11 is 0. The van der Waals surface area contributed by atoms with E-state index in [1.54, 1.807) is 0 Å². The van der Waals surface area contributed by atoms with Crippen LogP contribution < -0.4 is 10.5 Å². The number of rotatable bonds is 5. The monoisotopic (exact) mass is 275 g/mol. The van der Waals surface area contributed by atoms with Crippen LogP contribution in [0.25, 0.3) is 0 Å². The number of nitrogens with two attached hydrogens (primary N) is 1. The molecule has 2 N–H and O–H groups in total.